The summed E-state index contributed by atoms with van der Waals surface area (Å²) in [6.45, 7) is 1.90. The number of aliphatic hydroxyl groups is 1. The number of rotatable bonds is 5. The van der Waals surface area contributed by atoms with E-state index < -0.39 is 17.1 Å². The minimum absolute atomic E-state index is 0.0451. The molecule has 0 radical (unpaired) electrons. The third kappa shape index (κ3) is 3.11. The Balaban J connectivity index is 1.29. The van der Waals surface area contributed by atoms with Gasteiger partial charge in [0.15, 0.2) is 11.5 Å². The molecule has 7 rings (SSSR count). The van der Waals surface area contributed by atoms with E-state index in [9.17, 15) is 15.0 Å². The molecule has 2 aliphatic heterocycles. The van der Waals surface area contributed by atoms with Crippen molar-refractivity contribution in [2.45, 2.75) is 54.9 Å². The van der Waals surface area contributed by atoms with Crippen LogP contribution < -0.4 is 4.74 Å². The van der Waals surface area contributed by atoms with Gasteiger partial charge in [0.05, 0.1) is 11.5 Å². The summed E-state index contributed by atoms with van der Waals surface area (Å²) in [4.78, 5) is 18.4. The van der Waals surface area contributed by atoms with Gasteiger partial charge in [-0.3, -0.25) is 9.69 Å². The Morgan fingerprint density at radius 1 is 1.39 bits per heavy atom. The first kappa shape index (κ1) is 23.0. The lowest BCUT2D eigenvalue weighted by atomic mass is 9.50. The average Bonchev–Trinajstić information content (AvgIpc) is 3.46. The number of phenolic OH excluding ortho intramolecular Hbond substituents is 1. The number of hydrogen-bond donors (Lipinski definition) is 2. The van der Waals surface area contributed by atoms with E-state index in [1.807, 2.05) is 35.7 Å². The number of likely N-dealkylation sites (N-methyl/N-ethyl adjacent to an activating group) is 1. The first-order valence-corrected chi connectivity index (χ1v) is 14.4. The smallest absolute Gasteiger partial charge is 0.246 e. The van der Waals surface area contributed by atoms with Gasteiger partial charge in [0.2, 0.25) is 5.91 Å². The Labute approximate surface area is 223 Å². The summed E-state index contributed by atoms with van der Waals surface area (Å²) in [5, 5.41) is 25.3. The molecule has 0 unspecified atom stereocenters. The second kappa shape index (κ2) is 7.93. The molecule has 2 fully saturated rings. The number of benzene rings is 1. The Bertz CT molecular complexity index is 1320. The number of hydrogen-bond acceptors (Lipinski definition) is 6. The number of carbonyl (C=O) groups excluding carboxylic acids is 1. The number of aromatic hydroxyl groups is 1. The van der Waals surface area contributed by atoms with Gasteiger partial charge in [0.1, 0.15) is 11.7 Å². The number of phenols is 1. The fourth-order valence-corrected chi connectivity index (χ4v) is 8.52. The second-order valence-electron chi connectivity index (χ2n) is 11.0. The van der Waals surface area contributed by atoms with E-state index in [0.29, 0.717) is 5.75 Å². The van der Waals surface area contributed by atoms with Gasteiger partial charge in [-0.05, 0) is 77.8 Å². The van der Waals surface area contributed by atoms with Crippen LogP contribution in [-0.4, -0.2) is 69.8 Å². The maximum atomic E-state index is 13.3. The van der Waals surface area contributed by atoms with Crippen LogP contribution in [0.4, 0.5) is 0 Å². The van der Waals surface area contributed by atoms with Crippen molar-refractivity contribution < 1.29 is 19.7 Å². The van der Waals surface area contributed by atoms with Crippen LogP contribution in [0.2, 0.25) is 0 Å². The van der Waals surface area contributed by atoms with Crippen molar-refractivity contribution in [2.75, 3.05) is 20.1 Å². The van der Waals surface area contributed by atoms with E-state index >= 15 is 0 Å². The topological polar surface area (TPSA) is 73.2 Å². The monoisotopic (exact) mass is 568 g/mol. The van der Waals surface area contributed by atoms with Gasteiger partial charge in [0, 0.05) is 46.0 Å². The van der Waals surface area contributed by atoms with Gasteiger partial charge < -0.3 is 19.8 Å². The molecule has 2 aromatic rings. The van der Waals surface area contributed by atoms with Crippen LogP contribution in [0.1, 0.15) is 35.3 Å². The highest BCUT2D eigenvalue weighted by molar-refractivity contribution is 9.10. The molecule has 1 aromatic carbocycles. The number of likely N-dealkylation sites (tertiary alicyclic amines) is 1. The summed E-state index contributed by atoms with van der Waals surface area (Å²) in [7, 11) is 1.79. The predicted octanol–water partition coefficient (Wildman–Crippen LogP) is 4.10. The van der Waals surface area contributed by atoms with Gasteiger partial charge in [-0.1, -0.05) is 18.2 Å². The highest BCUT2D eigenvalue weighted by Gasteiger charge is 2.72. The SMILES string of the molecule is CN(C(=O)/C=C/c1cc(Br)cs1)[C@H]1C=C[C@@]2(O)[C@H]3Cc4ccc(O)c5c4[C@@]2(CCN3CC2CC2)[C@H]1O5. The van der Waals surface area contributed by atoms with E-state index in [0.717, 1.165) is 52.3 Å². The molecule has 5 atom stereocenters. The number of ether oxygens (including phenoxy) is 1. The zero-order chi connectivity index (χ0) is 24.8. The number of carbonyl (C=O) groups is 1. The highest BCUT2D eigenvalue weighted by atomic mass is 79.9. The molecule has 2 bridgehead atoms. The summed E-state index contributed by atoms with van der Waals surface area (Å²) in [6.07, 6.45) is 10.9. The average molecular weight is 570 g/mol. The lowest BCUT2D eigenvalue weighted by molar-refractivity contribution is -0.154. The number of amides is 1. The number of thiophene rings is 1. The van der Waals surface area contributed by atoms with Crippen molar-refractivity contribution in [3.8, 4) is 11.5 Å². The van der Waals surface area contributed by atoms with Crippen LogP contribution in [0.3, 0.4) is 0 Å². The van der Waals surface area contributed by atoms with E-state index in [1.165, 1.54) is 12.8 Å². The van der Waals surface area contributed by atoms with Gasteiger partial charge in [-0.15, -0.1) is 11.3 Å². The molecule has 2 N–H and O–H groups in total. The van der Waals surface area contributed by atoms with Crippen molar-refractivity contribution in [2.24, 2.45) is 5.92 Å². The van der Waals surface area contributed by atoms with Crippen LogP contribution in [0.5, 0.6) is 11.5 Å². The minimum atomic E-state index is -1.11. The Hall–Kier alpha value is -2.13. The fourth-order valence-electron chi connectivity index (χ4n) is 7.18. The molecule has 3 heterocycles. The fraction of sp³-hybridized carbons (Fsp3) is 0.464. The van der Waals surface area contributed by atoms with Crippen LogP contribution >= 0.6 is 27.3 Å². The van der Waals surface area contributed by atoms with Crippen molar-refractivity contribution in [3.63, 3.8) is 0 Å². The van der Waals surface area contributed by atoms with Crippen molar-refractivity contribution >= 4 is 39.2 Å². The molecule has 3 aliphatic carbocycles. The summed E-state index contributed by atoms with van der Waals surface area (Å²) >= 11 is 5.02. The standard InChI is InChI=1S/C28H29BrN2O4S/c1-30(23(33)7-5-19-13-18(29)15-36-19)20-8-9-28(34)22-12-17-4-6-21(32)25-24(17)27(28,26(20)35-25)10-11-31(22)14-16-2-3-16/h4-9,13,15-16,20,22,26,32,34H,2-3,10-12,14H2,1H3/b7-5+/t20-,22+,26-,27-,28+/m0/s1. The molecule has 5 aliphatic rings. The molecule has 1 amide bonds. The summed E-state index contributed by atoms with van der Waals surface area (Å²) < 4.78 is 7.55. The molecule has 1 saturated carbocycles. The minimum Gasteiger partial charge on any atom is -0.504 e. The Morgan fingerprint density at radius 3 is 2.97 bits per heavy atom. The van der Waals surface area contributed by atoms with Gasteiger partial charge in [-0.2, -0.15) is 0 Å². The highest BCUT2D eigenvalue weighted by Crippen LogP contribution is 2.64. The van der Waals surface area contributed by atoms with E-state index in [4.69, 9.17) is 4.74 Å². The molecular weight excluding hydrogens is 540 g/mol. The van der Waals surface area contributed by atoms with E-state index in [1.54, 1.807) is 35.4 Å². The second-order valence-corrected chi connectivity index (χ2v) is 12.8. The van der Waals surface area contributed by atoms with Gasteiger partial charge in [0.25, 0.3) is 0 Å². The quantitative estimate of drug-likeness (QED) is 0.419. The van der Waals surface area contributed by atoms with Crippen molar-refractivity contribution in [1.82, 2.24) is 9.80 Å². The van der Waals surface area contributed by atoms with Crippen LogP contribution in [0, 0.1) is 5.92 Å². The van der Waals surface area contributed by atoms with Crippen LogP contribution in [0.15, 0.2) is 46.3 Å². The molecule has 8 heteroatoms. The molecular formula is C28H29BrN2O4S. The first-order chi connectivity index (χ1) is 17.3. The third-order valence-corrected chi connectivity index (χ3v) is 10.7. The number of halogens is 1. The zero-order valence-corrected chi connectivity index (χ0v) is 22.5. The van der Waals surface area contributed by atoms with Gasteiger partial charge in [-0.25, -0.2) is 0 Å². The molecule has 188 valence electrons. The van der Waals surface area contributed by atoms with E-state index in [-0.39, 0.29) is 23.7 Å². The molecule has 1 spiro atoms. The lowest BCUT2D eigenvalue weighted by Crippen LogP contribution is -2.76. The van der Waals surface area contributed by atoms with Crippen LogP contribution in [0.25, 0.3) is 6.08 Å². The Kier molecular flexibility index (Phi) is 5.07. The Morgan fingerprint density at radius 2 is 2.22 bits per heavy atom. The van der Waals surface area contributed by atoms with Crippen LogP contribution in [-0.2, 0) is 16.6 Å². The zero-order valence-electron chi connectivity index (χ0n) is 20.1. The molecule has 1 aromatic heterocycles. The molecule has 6 nitrogen and oxygen atoms in total. The van der Waals surface area contributed by atoms with Gasteiger partial charge >= 0.3 is 0 Å². The number of nitrogens with zero attached hydrogens (tertiary/aromatic N) is 2. The molecule has 1 saturated heterocycles. The van der Waals surface area contributed by atoms with Crippen molar-refractivity contribution in [1.29, 1.82) is 0 Å². The largest absolute Gasteiger partial charge is 0.504 e. The third-order valence-electron chi connectivity index (χ3n) is 9.09. The first-order valence-electron chi connectivity index (χ1n) is 12.7. The predicted molar refractivity (Wildman–Crippen MR) is 142 cm³/mol. The van der Waals surface area contributed by atoms with E-state index in [2.05, 4.69) is 20.8 Å². The maximum Gasteiger partial charge on any atom is 0.246 e. The summed E-state index contributed by atoms with van der Waals surface area (Å²) in [5.41, 5.74) is 0.282. The summed E-state index contributed by atoms with van der Waals surface area (Å²) in [6, 6.07) is 5.28. The maximum absolute atomic E-state index is 13.3. The van der Waals surface area contributed by atoms with Crippen molar-refractivity contribution in [3.05, 3.63) is 62.3 Å². The number of piperidine rings is 1. The molecule has 36 heavy (non-hydrogen) atoms. The summed E-state index contributed by atoms with van der Waals surface area (Å²) in [5.74, 6) is 1.20. The lowest BCUT2D eigenvalue weighted by Gasteiger charge is -2.62. The normalized spacial score (nSPS) is 34.0.